The summed E-state index contributed by atoms with van der Waals surface area (Å²) >= 11 is 13.5. The molecular weight excluding hydrogens is 273 g/mol. The second-order valence-corrected chi connectivity index (χ2v) is 6.85. The van der Waals surface area contributed by atoms with E-state index in [1.165, 1.54) is 30.6 Å². The Kier molecular flexibility index (Phi) is 4.92. The molecule has 4 heteroatoms. The second-order valence-electron chi connectivity index (χ2n) is 4.56. The van der Waals surface area contributed by atoms with Crippen LogP contribution < -0.4 is 5.32 Å². The first-order valence-corrected chi connectivity index (χ1v) is 7.57. The number of halogens is 2. The van der Waals surface area contributed by atoms with Gasteiger partial charge < -0.3 is 5.32 Å². The number of hydrogen-bond donors (Lipinski definition) is 1. The molecule has 1 aliphatic carbocycles. The summed E-state index contributed by atoms with van der Waals surface area (Å²) in [5.74, 6) is 0.760. The minimum Gasteiger partial charge on any atom is -0.310 e. The fraction of sp³-hybridized carbons (Fsp3) is 0.538. The van der Waals surface area contributed by atoms with Gasteiger partial charge in [0.2, 0.25) is 0 Å². The van der Waals surface area contributed by atoms with Crippen LogP contribution in [-0.4, -0.2) is 6.54 Å². The van der Waals surface area contributed by atoms with E-state index in [0.717, 1.165) is 26.7 Å². The molecule has 2 rings (SSSR count). The molecule has 1 aromatic heterocycles. The third-order valence-electron chi connectivity index (χ3n) is 3.24. The van der Waals surface area contributed by atoms with E-state index < -0.39 is 0 Å². The molecule has 1 aromatic rings. The zero-order valence-corrected chi connectivity index (χ0v) is 12.2. The zero-order valence-electron chi connectivity index (χ0n) is 9.88. The summed E-state index contributed by atoms with van der Waals surface area (Å²) in [5, 5.41) is 3.55. The Bertz CT molecular complexity index is 400. The number of nitrogens with one attached hydrogen (secondary N) is 1. The predicted molar refractivity (Wildman–Crippen MR) is 77.2 cm³/mol. The zero-order chi connectivity index (χ0) is 12.3. The van der Waals surface area contributed by atoms with E-state index in [-0.39, 0.29) is 6.04 Å². The standard InChI is InChI=1S/C13H17Cl2NS/c1-9(11-7-12(14)17-13(11)15)16-8-10-5-3-2-4-6-10/h2-3,7,9-10,16H,4-6,8H2,1H3. The van der Waals surface area contributed by atoms with Crippen LogP contribution in [0.5, 0.6) is 0 Å². The summed E-state index contributed by atoms with van der Waals surface area (Å²) in [6, 6.07) is 2.24. The van der Waals surface area contributed by atoms with Gasteiger partial charge in [-0.15, -0.1) is 11.3 Å². The SMILES string of the molecule is CC(NCC1CC=CCC1)c1cc(Cl)sc1Cl. The van der Waals surface area contributed by atoms with Gasteiger partial charge in [0.15, 0.2) is 0 Å². The van der Waals surface area contributed by atoms with Gasteiger partial charge in [-0.05, 0) is 50.3 Å². The van der Waals surface area contributed by atoms with Gasteiger partial charge in [0, 0.05) is 6.04 Å². The molecule has 0 radical (unpaired) electrons. The van der Waals surface area contributed by atoms with Crippen molar-refractivity contribution in [2.24, 2.45) is 5.92 Å². The Hall–Kier alpha value is -0.0200. The Morgan fingerprint density at radius 1 is 1.47 bits per heavy atom. The van der Waals surface area contributed by atoms with Crippen LogP contribution in [0.3, 0.4) is 0 Å². The molecule has 17 heavy (non-hydrogen) atoms. The van der Waals surface area contributed by atoms with E-state index in [2.05, 4.69) is 24.4 Å². The van der Waals surface area contributed by atoms with Crippen molar-refractivity contribution in [2.45, 2.75) is 32.2 Å². The van der Waals surface area contributed by atoms with E-state index in [0.29, 0.717) is 0 Å². The van der Waals surface area contributed by atoms with Crippen molar-refractivity contribution in [3.05, 3.63) is 32.5 Å². The molecule has 0 fully saturated rings. The Morgan fingerprint density at radius 2 is 2.29 bits per heavy atom. The molecule has 0 amide bonds. The van der Waals surface area contributed by atoms with Gasteiger partial charge in [-0.3, -0.25) is 0 Å². The average Bonchev–Trinajstić information content (AvgIpc) is 2.67. The molecule has 2 atom stereocenters. The average molecular weight is 290 g/mol. The molecule has 1 nitrogen and oxygen atoms in total. The van der Waals surface area contributed by atoms with E-state index in [9.17, 15) is 0 Å². The smallest absolute Gasteiger partial charge is 0.0991 e. The van der Waals surface area contributed by atoms with Crippen molar-refractivity contribution in [1.29, 1.82) is 0 Å². The van der Waals surface area contributed by atoms with Crippen LogP contribution in [0.15, 0.2) is 18.2 Å². The molecule has 0 aliphatic heterocycles. The minimum atomic E-state index is 0.275. The lowest BCUT2D eigenvalue weighted by molar-refractivity contribution is 0.416. The number of rotatable bonds is 4. The molecule has 0 aromatic carbocycles. The van der Waals surface area contributed by atoms with E-state index in [4.69, 9.17) is 23.2 Å². The molecule has 2 unspecified atom stereocenters. The van der Waals surface area contributed by atoms with Crippen LogP contribution in [0, 0.1) is 5.92 Å². The molecule has 1 heterocycles. The van der Waals surface area contributed by atoms with Crippen LogP contribution >= 0.6 is 34.5 Å². The lowest BCUT2D eigenvalue weighted by atomic mass is 9.94. The van der Waals surface area contributed by atoms with Crippen LogP contribution in [0.2, 0.25) is 8.67 Å². The maximum Gasteiger partial charge on any atom is 0.0991 e. The van der Waals surface area contributed by atoms with Crippen molar-refractivity contribution in [3.63, 3.8) is 0 Å². The van der Waals surface area contributed by atoms with Crippen molar-refractivity contribution in [1.82, 2.24) is 5.32 Å². The topological polar surface area (TPSA) is 12.0 Å². The van der Waals surface area contributed by atoms with Crippen LogP contribution in [0.4, 0.5) is 0 Å². The van der Waals surface area contributed by atoms with Crippen LogP contribution in [0.25, 0.3) is 0 Å². The fourth-order valence-corrected chi connectivity index (χ4v) is 3.79. The van der Waals surface area contributed by atoms with Gasteiger partial charge in [-0.25, -0.2) is 0 Å². The quantitative estimate of drug-likeness (QED) is 0.764. The van der Waals surface area contributed by atoms with Gasteiger partial charge in [0.05, 0.1) is 8.67 Å². The fourth-order valence-electron chi connectivity index (χ4n) is 2.14. The number of allylic oxidation sites excluding steroid dienone is 2. The maximum absolute atomic E-state index is 6.14. The van der Waals surface area contributed by atoms with Crippen molar-refractivity contribution < 1.29 is 0 Å². The number of hydrogen-bond acceptors (Lipinski definition) is 2. The molecule has 1 N–H and O–H groups in total. The molecule has 0 saturated carbocycles. The maximum atomic E-state index is 6.14. The van der Waals surface area contributed by atoms with E-state index in [1.807, 2.05) is 6.07 Å². The van der Waals surface area contributed by atoms with Gasteiger partial charge in [-0.1, -0.05) is 35.4 Å². The van der Waals surface area contributed by atoms with Crippen LogP contribution in [-0.2, 0) is 0 Å². The normalized spacial score (nSPS) is 21.7. The Morgan fingerprint density at radius 3 is 2.88 bits per heavy atom. The first kappa shape index (κ1) is 13.4. The first-order valence-electron chi connectivity index (χ1n) is 6.00. The molecular formula is C13H17Cl2NS. The largest absolute Gasteiger partial charge is 0.310 e. The molecule has 0 saturated heterocycles. The van der Waals surface area contributed by atoms with E-state index in [1.54, 1.807) is 0 Å². The van der Waals surface area contributed by atoms with E-state index >= 15 is 0 Å². The molecule has 0 spiro atoms. The highest BCUT2D eigenvalue weighted by Gasteiger charge is 2.15. The minimum absolute atomic E-state index is 0.275. The summed E-state index contributed by atoms with van der Waals surface area (Å²) in [5.41, 5.74) is 1.12. The second kappa shape index (κ2) is 6.24. The number of thiophene rings is 1. The highest BCUT2D eigenvalue weighted by atomic mass is 35.5. The predicted octanol–water partition coefficient (Wildman–Crippen LogP) is 5.06. The van der Waals surface area contributed by atoms with Crippen molar-refractivity contribution in [2.75, 3.05) is 6.54 Å². The summed E-state index contributed by atoms with van der Waals surface area (Å²) in [7, 11) is 0. The van der Waals surface area contributed by atoms with Gasteiger partial charge in [0.25, 0.3) is 0 Å². The first-order chi connectivity index (χ1) is 8.16. The summed E-state index contributed by atoms with van der Waals surface area (Å²) in [6.45, 7) is 3.19. The molecule has 94 valence electrons. The Balaban J connectivity index is 1.86. The highest BCUT2D eigenvalue weighted by Crippen LogP contribution is 2.35. The van der Waals surface area contributed by atoms with Crippen molar-refractivity contribution >= 4 is 34.5 Å². The summed E-state index contributed by atoms with van der Waals surface area (Å²) in [4.78, 5) is 0. The molecule has 0 bridgehead atoms. The summed E-state index contributed by atoms with van der Waals surface area (Å²) in [6.07, 6.45) is 8.25. The summed E-state index contributed by atoms with van der Waals surface area (Å²) < 4.78 is 1.57. The lowest BCUT2D eigenvalue weighted by Crippen LogP contribution is -2.26. The Labute approximate surface area is 117 Å². The van der Waals surface area contributed by atoms with Crippen LogP contribution in [0.1, 0.15) is 37.8 Å². The molecule has 1 aliphatic rings. The lowest BCUT2D eigenvalue weighted by Gasteiger charge is -2.21. The van der Waals surface area contributed by atoms with Gasteiger partial charge in [-0.2, -0.15) is 0 Å². The van der Waals surface area contributed by atoms with Gasteiger partial charge in [0.1, 0.15) is 0 Å². The highest BCUT2D eigenvalue weighted by molar-refractivity contribution is 7.20. The monoisotopic (exact) mass is 289 g/mol. The van der Waals surface area contributed by atoms with Gasteiger partial charge >= 0.3 is 0 Å². The van der Waals surface area contributed by atoms with Crippen molar-refractivity contribution in [3.8, 4) is 0 Å². The third kappa shape index (κ3) is 3.72. The third-order valence-corrected chi connectivity index (χ3v) is 4.76.